The van der Waals surface area contributed by atoms with Crippen molar-refractivity contribution in [2.45, 2.75) is 0 Å². The molecule has 0 saturated carbocycles. The summed E-state index contributed by atoms with van der Waals surface area (Å²) >= 11 is 5.66. The maximum Gasteiger partial charge on any atom is 0.131 e. The number of nitrogens with one attached hydrogen (secondary N) is 1. The third-order valence-electron chi connectivity index (χ3n) is 1.59. The number of fused-ring (bicyclic) bond motifs is 1. The Morgan fingerprint density at radius 3 is 3.08 bits per heavy atom. The Morgan fingerprint density at radius 1 is 1.50 bits per heavy atom. The van der Waals surface area contributed by atoms with Gasteiger partial charge in [0.15, 0.2) is 0 Å². The van der Waals surface area contributed by atoms with Crippen LogP contribution in [-0.4, -0.2) is 9.97 Å². The number of halogens is 1. The molecule has 0 unspecified atom stereocenters. The topological polar surface area (TPSA) is 52.5 Å². The van der Waals surface area contributed by atoms with Crippen molar-refractivity contribution in [1.82, 2.24) is 9.97 Å². The first-order chi connectivity index (χ1) is 5.79. The number of rotatable bonds is 0. The van der Waals surface area contributed by atoms with E-state index in [2.05, 4.69) is 9.97 Å². The van der Waals surface area contributed by atoms with Crippen LogP contribution < -0.4 is 0 Å². The molecule has 0 bridgehead atoms. The van der Waals surface area contributed by atoms with Gasteiger partial charge >= 0.3 is 0 Å². The van der Waals surface area contributed by atoms with Gasteiger partial charge in [0.25, 0.3) is 0 Å². The summed E-state index contributed by atoms with van der Waals surface area (Å²) in [4.78, 5) is 6.79. The van der Waals surface area contributed by atoms with Gasteiger partial charge in [0.05, 0.1) is 5.52 Å². The average molecular weight is 178 g/mol. The Kier molecular flexibility index (Phi) is 1.49. The lowest BCUT2D eigenvalue weighted by Crippen LogP contribution is -1.73. The number of nitrogens with zero attached hydrogens (tertiary/aromatic N) is 2. The van der Waals surface area contributed by atoms with Crippen LogP contribution in [0.4, 0.5) is 0 Å². The highest BCUT2D eigenvalue weighted by molar-refractivity contribution is 6.30. The monoisotopic (exact) mass is 177 g/mol. The molecule has 0 aliphatic carbocycles. The summed E-state index contributed by atoms with van der Waals surface area (Å²) < 4.78 is 0. The fourth-order valence-electron chi connectivity index (χ4n) is 1.06. The van der Waals surface area contributed by atoms with Gasteiger partial charge in [0.1, 0.15) is 16.9 Å². The van der Waals surface area contributed by atoms with Gasteiger partial charge < -0.3 is 4.98 Å². The number of pyridine rings is 1. The lowest BCUT2D eigenvalue weighted by molar-refractivity contribution is 1.34. The van der Waals surface area contributed by atoms with Crippen molar-refractivity contribution >= 4 is 22.5 Å². The van der Waals surface area contributed by atoms with E-state index in [4.69, 9.17) is 16.9 Å². The molecule has 0 saturated heterocycles. The second-order valence-corrected chi connectivity index (χ2v) is 2.78. The quantitative estimate of drug-likeness (QED) is 0.627. The smallest absolute Gasteiger partial charge is 0.131 e. The van der Waals surface area contributed by atoms with Crippen molar-refractivity contribution in [1.29, 1.82) is 5.26 Å². The van der Waals surface area contributed by atoms with Crippen LogP contribution in [-0.2, 0) is 0 Å². The standard InChI is InChI=1S/C8H4ClN3/c9-8-2-7-5(4-11-8)1-6(3-10)12-7/h1-2,4,12H. The molecule has 0 amide bonds. The number of nitriles is 1. The molecule has 0 spiro atoms. The van der Waals surface area contributed by atoms with E-state index in [1.165, 1.54) is 0 Å². The summed E-state index contributed by atoms with van der Waals surface area (Å²) in [7, 11) is 0. The molecule has 0 aliphatic rings. The molecule has 0 aromatic carbocycles. The third-order valence-corrected chi connectivity index (χ3v) is 1.80. The van der Waals surface area contributed by atoms with Gasteiger partial charge in [-0.05, 0) is 12.1 Å². The molecule has 2 heterocycles. The highest BCUT2D eigenvalue weighted by Gasteiger charge is 1.99. The Hall–Kier alpha value is -1.53. The second-order valence-electron chi connectivity index (χ2n) is 2.39. The zero-order chi connectivity index (χ0) is 8.55. The van der Waals surface area contributed by atoms with Gasteiger partial charge in [-0.1, -0.05) is 11.6 Å². The Balaban J connectivity index is 2.77. The SMILES string of the molecule is N#Cc1cc2cnc(Cl)cc2[nH]1. The molecular formula is C8H4ClN3. The molecule has 12 heavy (non-hydrogen) atoms. The van der Waals surface area contributed by atoms with Crippen LogP contribution in [0.3, 0.4) is 0 Å². The fourth-order valence-corrected chi connectivity index (χ4v) is 1.22. The molecule has 2 aromatic rings. The number of hydrogen-bond donors (Lipinski definition) is 1. The molecular weight excluding hydrogens is 174 g/mol. The van der Waals surface area contributed by atoms with E-state index < -0.39 is 0 Å². The minimum Gasteiger partial charge on any atom is -0.346 e. The fraction of sp³-hybridized carbons (Fsp3) is 0. The zero-order valence-corrected chi connectivity index (χ0v) is 6.76. The summed E-state index contributed by atoms with van der Waals surface area (Å²) in [6.07, 6.45) is 1.63. The van der Waals surface area contributed by atoms with E-state index in [9.17, 15) is 0 Å². The van der Waals surface area contributed by atoms with Crippen molar-refractivity contribution in [3.05, 3.63) is 29.2 Å². The number of H-pyrrole nitrogens is 1. The number of aromatic nitrogens is 2. The zero-order valence-electron chi connectivity index (χ0n) is 6.00. The van der Waals surface area contributed by atoms with Crippen LogP contribution >= 0.6 is 11.6 Å². The molecule has 2 aromatic heterocycles. The molecule has 2 rings (SSSR count). The highest BCUT2D eigenvalue weighted by Crippen LogP contribution is 2.16. The van der Waals surface area contributed by atoms with Gasteiger partial charge in [-0.2, -0.15) is 5.26 Å². The van der Waals surface area contributed by atoms with Gasteiger partial charge in [0.2, 0.25) is 0 Å². The Bertz CT molecular complexity index is 467. The first kappa shape index (κ1) is 7.14. The average Bonchev–Trinajstić information content (AvgIpc) is 2.46. The summed E-state index contributed by atoms with van der Waals surface area (Å²) in [5.74, 6) is 0. The van der Waals surface area contributed by atoms with Crippen LogP contribution in [0.25, 0.3) is 10.9 Å². The van der Waals surface area contributed by atoms with Crippen LogP contribution in [0.2, 0.25) is 5.15 Å². The first-order valence-electron chi connectivity index (χ1n) is 3.34. The minimum absolute atomic E-state index is 0.425. The second kappa shape index (κ2) is 2.50. The molecule has 58 valence electrons. The van der Waals surface area contributed by atoms with Crippen LogP contribution in [0.15, 0.2) is 18.3 Å². The summed E-state index contributed by atoms with van der Waals surface area (Å²) in [6, 6.07) is 5.44. The van der Waals surface area contributed by atoms with Crippen molar-refractivity contribution in [3.63, 3.8) is 0 Å². The number of aromatic amines is 1. The molecule has 1 N–H and O–H groups in total. The van der Waals surface area contributed by atoms with Crippen molar-refractivity contribution in [2.75, 3.05) is 0 Å². The van der Waals surface area contributed by atoms with Crippen molar-refractivity contribution in [2.24, 2.45) is 0 Å². The first-order valence-corrected chi connectivity index (χ1v) is 3.72. The molecule has 3 nitrogen and oxygen atoms in total. The highest BCUT2D eigenvalue weighted by atomic mass is 35.5. The lowest BCUT2D eigenvalue weighted by Gasteiger charge is -1.87. The van der Waals surface area contributed by atoms with E-state index in [0.717, 1.165) is 10.9 Å². The van der Waals surface area contributed by atoms with Crippen LogP contribution in [0.5, 0.6) is 0 Å². The Labute approximate surface area is 73.6 Å². The lowest BCUT2D eigenvalue weighted by atomic mass is 10.3. The van der Waals surface area contributed by atoms with E-state index >= 15 is 0 Å². The Morgan fingerprint density at radius 2 is 2.33 bits per heavy atom. The summed E-state index contributed by atoms with van der Waals surface area (Å²) in [5, 5.41) is 9.90. The van der Waals surface area contributed by atoms with E-state index in [-0.39, 0.29) is 0 Å². The van der Waals surface area contributed by atoms with Gasteiger partial charge in [-0.3, -0.25) is 0 Å². The summed E-state index contributed by atoms with van der Waals surface area (Å²) in [5.41, 5.74) is 1.36. The van der Waals surface area contributed by atoms with E-state index in [0.29, 0.717) is 10.8 Å². The predicted octanol–water partition coefficient (Wildman–Crippen LogP) is 2.09. The van der Waals surface area contributed by atoms with Crippen molar-refractivity contribution < 1.29 is 0 Å². The minimum atomic E-state index is 0.425. The van der Waals surface area contributed by atoms with Gasteiger partial charge in [0, 0.05) is 11.6 Å². The largest absolute Gasteiger partial charge is 0.346 e. The van der Waals surface area contributed by atoms with Gasteiger partial charge in [-0.25, -0.2) is 4.98 Å². The van der Waals surface area contributed by atoms with E-state index in [1.807, 2.05) is 6.07 Å². The van der Waals surface area contributed by atoms with Crippen molar-refractivity contribution in [3.8, 4) is 6.07 Å². The normalized spacial score (nSPS) is 10.0. The molecule has 0 radical (unpaired) electrons. The number of hydrogen-bond acceptors (Lipinski definition) is 2. The van der Waals surface area contributed by atoms with Gasteiger partial charge in [-0.15, -0.1) is 0 Å². The molecule has 0 aliphatic heterocycles. The van der Waals surface area contributed by atoms with Crippen LogP contribution in [0.1, 0.15) is 5.69 Å². The molecule has 4 heteroatoms. The maximum absolute atomic E-state index is 8.57. The van der Waals surface area contributed by atoms with E-state index in [1.54, 1.807) is 18.3 Å². The molecule has 0 fully saturated rings. The molecule has 0 atom stereocenters. The maximum atomic E-state index is 8.57. The van der Waals surface area contributed by atoms with Crippen LogP contribution in [0, 0.1) is 11.3 Å². The predicted molar refractivity (Wildman–Crippen MR) is 45.8 cm³/mol. The third kappa shape index (κ3) is 1.03. The summed E-state index contributed by atoms with van der Waals surface area (Å²) in [6.45, 7) is 0.